The second kappa shape index (κ2) is 13.6. The SMILES string of the molecule is CC(C(=Nc1ccccc1)Oc1ccccc1)C(SSc1ccccc1)SSc1ccccc1. The van der Waals surface area contributed by atoms with Crippen molar-refractivity contribution in [2.75, 3.05) is 0 Å². The van der Waals surface area contributed by atoms with Crippen LogP contribution in [0.15, 0.2) is 136 Å². The first-order valence-electron chi connectivity index (χ1n) is 10.9. The summed E-state index contributed by atoms with van der Waals surface area (Å²) in [6.45, 7) is 2.20. The van der Waals surface area contributed by atoms with E-state index in [1.165, 1.54) is 9.79 Å². The van der Waals surface area contributed by atoms with Crippen LogP contribution in [0.3, 0.4) is 0 Å². The Balaban J connectivity index is 1.58. The van der Waals surface area contributed by atoms with Gasteiger partial charge in [0.15, 0.2) is 5.90 Å². The van der Waals surface area contributed by atoms with Crippen LogP contribution in [0, 0.1) is 5.92 Å². The molecule has 1 atom stereocenters. The first-order chi connectivity index (χ1) is 16.8. The van der Waals surface area contributed by atoms with Gasteiger partial charge in [0.1, 0.15) is 5.75 Å². The van der Waals surface area contributed by atoms with Crippen molar-refractivity contribution in [3.8, 4) is 5.75 Å². The van der Waals surface area contributed by atoms with E-state index in [0.717, 1.165) is 11.4 Å². The van der Waals surface area contributed by atoms with Gasteiger partial charge >= 0.3 is 0 Å². The summed E-state index contributed by atoms with van der Waals surface area (Å²) < 4.78 is 6.57. The van der Waals surface area contributed by atoms with Crippen LogP contribution in [0.1, 0.15) is 6.92 Å². The van der Waals surface area contributed by atoms with Crippen LogP contribution in [0.2, 0.25) is 0 Å². The summed E-state index contributed by atoms with van der Waals surface area (Å²) >= 11 is 0. The molecule has 0 fully saturated rings. The molecular weight excluding hydrogens is 495 g/mol. The molecule has 1 unspecified atom stereocenters. The third-order valence-electron chi connectivity index (χ3n) is 4.72. The number of hydrogen-bond donors (Lipinski definition) is 0. The van der Waals surface area contributed by atoms with Gasteiger partial charge in [-0.15, -0.1) is 0 Å². The highest BCUT2D eigenvalue weighted by atomic mass is 33.1. The molecule has 0 aliphatic heterocycles. The van der Waals surface area contributed by atoms with Crippen molar-refractivity contribution in [3.63, 3.8) is 0 Å². The molecule has 0 aliphatic rings. The molecule has 4 rings (SSSR count). The maximum Gasteiger partial charge on any atom is 0.200 e. The fourth-order valence-corrected chi connectivity index (χ4v) is 9.32. The molecule has 0 saturated carbocycles. The lowest BCUT2D eigenvalue weighted by Gasteiger charge is -2.23. The summed E-state index contributed by atoms with van der Waals surface area (Å²) in [5, 5.41) is 0. The Kier molecular flexibility index (Phi) is 9.94. The molecule has 4 aromatic carbocycles. The third kappa shape index (κ3) is 7.91. The van der Waals surface area contributed by atoms with Crippen molar-refractivity contribution in [1.82, 2.24) is 0 Å². The Labute approximate surface area is 217 Å². The van der Waals surface area contributed by atoms with E-state index >= 15 is 0 Å². The highest BCUT2D eigenvalue weighted by Crippen LogP contribution is 2.48. The number of hydrogen-bond acceptors (Lipinski definition) is 6. The molecule has 34 heavy (non-hydrogen) atoms. The zero-order chi connectivity index (χ0) is 23.4. The van der Waals surface area contributed by atoms with Crippen LogP contribution in [-0.2, 0) is 0 Å². The van der Waals surface area contributed by atoms with E-state index < -0.39 is 0 Å². The predicted molar refractivity (Wildman–Crippen MR) is 153 cm³/mol. The van der Waals surface area contributed by atoms with E-state index in [-0.39, 0.29) is 10.5 Å². The van der Waals surface area contributed by atoms with Gasteiger partial charge in [0, 0.05) is 9.79 Å². The lowest BCUT2D eigenvalue weighted by atomic mass is 10.2. The van der Waals surface area contributed by atoms with Crippen molar-refractivity contribution in [2.45, 2.75) is 21.3 Å². The Bertz CT molecular complexity index is 1100. The highest BCUT2D eigenvalue weighted by Gasteiger charge is 2.27. The summed E-state index contributed by atoms with van der Waals surface area (Å²) in [6.07, 6.45) is 0. The number of aliphatic imine (C=N–C) groups is 1. The van der Waals surface area contributed by atoms with Gasteiger partial charge in [0.05, 0.1) is 16.2 Å². The zero-order valence-electron chi connectivity index (χ0n) is 18.7. The maximum atomic E-state index is 6.37. The summed E-state index contributed by atoms with van der Waals surface area (Å²) in [5.74, 6) is 1.57. The van der Waals surface area contributed by atoms with Crippen LogP contribution in [-0.4, -0.2) is 10.5 Å². The monoisotopic (exact) mass is 519 g/mol. The molecule has 0 spiro atoms. The normalized spacial score (nSPS) is 12.5. The van der Waals surface area contributed by atoms with Gasteiger partial charge < -0.3 is 4.74 Å². The number of para-hydroxylation sites is 2. The van der Waals surface area contributed by atoms with E-state index in [4.69, 9.17) is 9.73 Å². The molecule has 0 aliphatic carbocycles. The van der Waals surface area contributed by atoms with Gasteiger partial charge in [-0.05, 0) is 48.5 Å². The minimum absolute atomic E-state index is 0.0582. The fourth-order valence-electron chi connectivity index (χ4n) is 2.91. The fraction of sp³-hybridized carbons (Fsp3) is 0.107. The molecule has 0 radical (unpaired) electrons. The topological polar surface area (TPSA) is 21.6 Å². The molecule has 0 amide bonds. The molecule has 0 N–H and O–H groups in total. The quantitative estimate of drug-likeness (QED) is 0.0897. The first-order valence-corrected chi connectivity index (χ1v) is 15.3. The van der Waals surface area contributed by atoms with Gasteiger partial charge in [-0.1, -0.05) is 123 Å². The van der Waals surface area contributed by atoms with E-state index in [9.17, 15) is 0 Å². The second-order valence-corrected chi connectivity index (χ2v) is 12.5. The van der Waals surface area contributed by atoms with Crippen molar-refractivity contribution in [3.05, 3.63) is 121 Å². The van der Waals surface area contributed by atoms with E-state index in [1.807, 2.05) is 94.4 Å². The summed E-state index contributed by atoms with van der Waals surface area (Å²) in [7, 11) is 7.29. The lowest BCUT2D eigenvalue weighted by Crippen LogP contribution is -2.25. The van der Waals surface area contributed by atoms with E-state index in [1.54, 1.807) is 21.6 Å². The molecule has 0 saturated heterocycles. The molecular formula is C28H25NOS4. The molecule has 0 heterocycles. The van der Waals surface area contributed by atoms with Crippen LogP contribution < -0.4 is 4.74 Å². The van der Waals surface area contributed by atoms with E-state index in [2.05, 4.69) is 55.5 Å². The lowest BCUT2D eigenvalue weighted by molar-refractivity contribution is 0.506. The van der Waals surface area contributed by atoms with Crippen LogP contribution in [0.4, 0.5) is 5.69 Å². The van der Waals surface area contributed by atoms with Gasteiger partial charge in [-0.3, -0.25) is 0 Å². The van der Waals surface area contributed by atoms with Gasteiger partial charge in [0.25, 0.3) is 0 Å². The van der Waals surface area contributed by atoms with Crippen LogP contribution in [0.25, 0.3) is 0 Å². The minimum Gasteiger partial charge on any atom is -0.443 e. The minimum atomic E-state index is 0.0582. The average Bonchev–Trinajstić information content (AvgIpc) is 2.90. The second-order valence-electron chi connectivity index (χ2n) is 7.34. The van der Waals surface area contributed by atoms with Crippen molar-refractivity contribution in [2.24, 2.45) is 10.9 Å². The Hall–Kier alpha value is -2.25. The Morgan fingerprint density at radius 1 is 0.618 bits per heavy atom. The zero-order valence-corrected chi connectivity index (χ0v) is 22.0. The molecule has 172 valence electrons. The standard InChI is InChI=1S/C28H25NOS4/c1-22(27(29-23-14-6-2-7-15-23)30-24-16-8-3-9-17-24)28(33-31-25-18-10-4-11-19-25)34-32-26-20-12-5-13-21-26/h2-22,28H,1H3. The number of benzene rings is 4. The van der Waals surface area contributed by atoms with Gasteiger partial charge in [-0.25, -0.2) is 4.99 Å². The molecule has 2 nitrogen and oxygen atoms in total. The van der Waals surface area contributed by atoms with Crippen molar-refractivity contribution in [1.29, 1.82) is 0 Å². The number of ether oxygens (including phenoxy) is 1. The largest absolute Gasteiger partial charge is 0.443 e. The Morgan fingerprint density at radius 3 is 1.56 bits per heavy atom. The van der Waals surface area contributed by atoms with Gasteiger partial charge in [-0.2, -0.15) is 0 Å². The number of nitrogens with zero attached hydrogens (tertiary/aromatic N) is 1. The van der Waals surface area contributed by atoms with Crippen molar-refractivity contribution >= 4 is 54.8 Å². The molecule has 6 heteroatoms. The van der Waals surface area contributed by atoms with Crippen LogP contribution >= 0.6 is 43.2 Å². The summed E-state index contributed by atoms with van der Waals surface area (Å²) in [5.41, 5.74) is 0.889. The average molecular weight is 520 g/mol. The molecule has 0 aromatic heterocycles. The van der Waals surface area contributed by atoms with Crippen molar-refractivity contribution < 1.29 is 4.74 Å². The first kappa shape index (κ1) is 24.9. The third-order valence-corrected chi connectivity index (χ3v) is 11.3. The Morgan fingerprint density at radius 2 is 1.06 bits per heavy atom. The van der Waals surface area contributed by atoms with Gasteiger partial charge in [0.2, 0.25) is 0 Å². The maximum absolute atomic E-state index is 6.37. The smallest absolute Gasteiger partial charge is 0.200 e. The highest BCUT2D eigenvalue weighted by molar-refractivity contribution is 8.85. The molecule has 4 aromatic rings. The molecule has 0 bridgehead atoms. The predicted octanol–water partition coefficient (Wildman–Crippen LogP) is 9.64. The van der Waals surface area contributed by atoms with Crippen LogP contribution in [0.5, 0.6) is 5.75 Å². The summed E-state index contributed by atoms with van der Waals surface area (Å²) in [4.78, 5) is 7.41. The summed E-state index contributed by atoms with van der Waals surface area (Å²) in [6, 6.07) is 40.9. The number of rotatable bonds is 10. The van der Waals surface area contributed by atoms with E-state index in [0.29, 0.717) is 5.90 Å².